The summed E-state index contributed by atoms with van der Waals surface area (Å²) < 4.78 is 0.694. The molecule has 0 bridgehead atoms. The molecule has 1 N–H and O–H groups in total. The van der Waals surface area contributed by atoms with E-state index in [1.54, 1.807) is 4.90 Å². The van der Waals surface area contributed by atoms with Crippen molar-refractivity contribution in [2.75, 3.05) is 32.7 Å². The van der Waals surface area contributed by atoms with Gasteiger partial charge in [-0.25, -0.2) is 0 Å². The molecule has 7 nitrogen and oxygen atoms in total. The molecule has 1 aromatic rings. The van der Waals surface area contributed by atoms with Gasteiger partial charge in [-0.1, -0.05) is 16.8 Å². The molecule has 4 rings (SSSR count). The summed E-state index contributed by atoms with van der Waals surface area (Å²) in [4.78, 5) is 34.8. The van der Waals surface area contributed by atoms with Crippen LogP contribution in [0.2, 0.25) is 4.34 Å². The Kier molecular flexibility index (Phi) is 5.15. The van der Waals surface area contributed by atoms with E-state index in [1.165, 1.54) is 11.3 Å². The van der Waals surface area contributed by atoms with E-state index in [9.17, 15) is 9.59 Å². The summed E-state index contributed by atoms with van der Waals surface area (Å²) in [5.41, 5.74) is 0.774. The Bertz CT molecular complexity index is 725. The van der Waals surface area contributed by atoms with Crippen molar-refractivity contribution < 1.29 is 14.4 Å². The maximum absolute atomic E-state index is 12.7. The van der Waals surface area contributed by atoms with Crippen molar-refractivity contribution in [2.24, 2.45) is 5.16 Å². The van der Waals surface area contributed by atoms with Crippen LogP contribution in [0.4, 0.5) is 0 Å². The molecule has 3 heterocycles. The lowest BCUT2D eigenvalue weighted by atomic mass is 10.1. The number of nitrogens with one attached hydrogen (secondary N) is 1. The zero-order chi connectivity index (χ0) is 18.1. The van der Waals surface area contributed by atoms with Crippen LogP contribution in [0.3, 0.4) is 0 Å². The largest absolute Gasteiger partial charge is 0.382 e. The molecule has 3 aliphatic rings. The van der Waals surface area contributed by atoms with Crippen LogP contribution in [-0.4, -0.2) is 72.2 Å². The smallest absolute Gasteiger partial charge is 0.266 e. The molecule has 2 aliphatic heterocycles. The van der Waals surface area contributed by atoms with E-state index in [0.29, 0.717) is 49.5 Å². The maximum atomic E-state index is 12.7. The summed E-state index contributed by atoms with van der Waals surface area (Å²) in [5, 5.41) is 7.06. The molecule has 1 atom stereocenters. The number of rotatable bonds is 5. The molecule has 26 heavy (non-hydrogen) atoms. The Morgan fingerprint density at radius 1 is 1.27 bits per heavy atom. The molecule has 140 valence electrons. The van der Waals surface area contributed by atoms with Gasteiger partial charge in [0.15, 0.2) is 0 Å². The number of oxime groups is 1. The van der Waals surface area contributed by atoms with Crippen molar-refractivity contribution in [1.29, 1.82) is 0 Å². The molecule has 0 aromatic carbocycles. The zero-order valence-corrected chi connectivity index (χ0v) is 15.9. The van der Waals surface area contributed by atoms with E-state index in [0.717, 1.165) is 23.4 Å². The highest BCUT2D eigenvalue weighted by Crippen LogP contribution is 2.27. The zero-order valence-electron chi connectivity index (χ0n) is 14.3. The van der Waals surface area contributed by atoms with E-state index in [4.69, 9.17) is 16.4 Å². The van der Waals surface area contributed by atoms with Gasteiger partial charge in [0.25, 0.3) is 5.91 Å². The molecule has 1 aromatic heterocycles. The molecule has 1 unspecified atom stereocenters. The van der Waals surface area contributed by atoms with Crippen LogP contribution in [0.15, 0.2) is 17.3 Å². The number of carbonyl (C=O) groups excluding carboxylic acids is 2. The van der Waals surface area contributed by atoms with E-state index in [-0.39, 0.29) is 11.8 Å². The average molecular weight is 397 g/mol. The molecule has 0 spiro atoms. The SMILES string of the molecule is O=C(CN1CCN(C(=O)C2CC(c3ccc(Cl)s3)=NO2)CC1)NC1CC1. The predicted molar refractivity (Wildman–Crippen MR) is 99.5 cm³/mol. The van der Waals surface area contributed by atoms with Gasteiger partial charge < -0.3 is 15.1 Å². The summed E-state index contributed by atoms with van der Waals surface area (Å²) in [6.07, 6.45) is 2.10. The fourth-order valence-corrected chi connectivity index (χ4v) is 4.19. The van der Waals surface area contributed by atoms with Crippen LogP contribution in [0.25, 0.3) is 0 Å². The topological polar surface area (TPSA) is 74.2 Å². The normalized spacial score (nSPS) is 23.5. The number of nitrogens with zero attached hydrogens (tertiary/aromatic N) is 3. The number of halogens is 1. The molecule has 9 heteroatoms. The number of amides is 2. The summed E-state index contributed by atoms with van der Waals surface area (Å²) in [5.74, 6) is 0.0486. The van der Waals surface area contributed by atoms with Crippen molar-refractivity contribution in [3.05, 3.63) is 21.3 Å². The van der Waals surface area contributed by atoms with Gasteiger partial charge >= 0.3 is 0 Å². The highest BCUT2D eigenvalue weighted by Gasteiger charge is 2.34. The third-order valence-electron chi connectivity index (χ3n) is 4.80. The molecule has 1 saturated carbocycles. The fourth-order valence-electron chi connectivity index (χ4n) is 3.16. The number of carbonyl (C=O) groups is 2. The van der Waals surface area contributed by atoms with Crippen LogP contribution >= 0.6 is 22.9 Å². The molecular formula is C17H21ClN4O3S. The van der Waals surface area contributed by atoms with Gasteiger partial charge in [-0.2, -0.15) is 0 Å². The molecule has 2 amide bonds. The Balaban J connectivity index is 1.23. The van der Waals surface area contributed by atoms with E-state index < -0.39 is 6.10 Å². The quantitative estimate of drug-likeness (QED) is 0.814. The predicted octanol–water partition coefficient (Wildman–Crippen LogP) is 1.32. The fraction of sp³-hybridized carbons (Fsp3) is 0.588. The number of thiophene rings is 1. The minimum atomic E-state index is -0.560. The number of piperazine rings is 1. The number of hydrogen-bond donors (Lipinski definition) is 1. The Hall–Kier alpha value is -1.64. The highest BCUT2D eigenvalue weighted by atomic mass is 35.5. The monoisotopic (exact) mass is 396 g/mol. The minimum absolute atomic E-state index is 0.0338. The van der Waals surface area contributed by atoms with E-state index >= 15 is 0 Å². The van der Waals surface area contributed by atoms with Crippen molar-refractivity contribution >= 4 is 40.5 Å². The van der Waals surface area contributed by atoms with Gasteiger partial charge in [0, 0.05) is 38.6 Å². The van der Waals surface area contributed by atoms with Crippen LogP contribution in [0, 0.1) is 0 Å². The first kappa shape index (κ1) is 17.8. The summed E-state index contributed by atoms with van der Waals surface area (Å²) in [6.45, 7) is 3.02. The first-order valence-corrected chi connectivity index (χ1v) is 10.1. The standard InChI is InChI=1S/C17H21ClN4O3S/c18-15-4-3-14(26-15)12-9-13(25-20-12)17(24)22-7-5-21(6-8-22)10-16(23)19-11-1-2-11/h3-4,11,13H,1-2,5-10H2,(H,19,23). The van der Waals surface area contributed by atoms with Crippen LogP contribution in [0.1, 0.15) is 24.1 Å². The first-order chi connectivity index (χ1) is 12.6. The second-order valence-corrected chi connectivity index (χ2v) is 8.60. The summed E-state index contributed by atoms with van der Waals surface area (Å²) in [7, 11) is 0. The number of hydrogen-bond acceptors (Lipinski definition) is 6. The Morgan fingerprint density at radius 2 is 2.04 bits per heavy atom. The van der Waals surface area contributed by atoms with Crippen LogP contribution in [0.5, 0.6) is 0 Å². The molecule has 1 saturated heterocycles. The van der Waals surface area contributed by atoms with E-state index in [2.05, 4.69) is 15.4 Å². The highest BCUT2D eigenvalue weighted by molar-refractivity contribution is 7.18. The van der Waals surface area contributed by atoms with Crippen molar-refractivity contribution in [3.8, 4) is 0 Å². The van der Waals surface area contributed by atoms with Gasteiger partial charge in [0.2, 0.25) is 12.0 Å². The van der Waals surface area contributed by atoms with Crippen molar-refractivity contribution in [2.45, 2.75) is 31.4 Å². The van der Waals surface area contributed by atoms with E-state index in [1.807, 2.05) is 12.1 Å². The van der Waals surface area contributed by atoms with Crippen LogP contribution in [-0.2, 0) is 14.4 Å². The lowest BCUT2D eigenvalue weighted by molar-refractivity contribution is -0.144. The first-order valence-electron chi connectivity index (χ1n) is 8.87. The third kappa shape index (κ3) is 4.19. The molecule has 2 fully saturated rings. The molecular weight excluding hydrogens is 376 g/mol. The second kappa shape index (κ2) is 7.54. The van der Waals surface area contributed by atoms with Gasteiger partial charge in [0.1, 0.15) is 5.71 Å². The van der Waals surface area contributed by atoms with Gasteiger partial charge in [-0.3, -0.25) is 14.5 Å². The van der Waals surface area contributed by atoms with Crippen molar-refractivity contribution in [1.82, 2.24) is 15.1 Å². The van der Waals surface area contributed by atoms with Gasteiger partial charge in [-0.15, -0.1) is 11.3 Å². The molecule has 0 radical (unpaired) electrons. The Labute approximate surface area is 160 Å². The maximum Gasteiger partial charge on any atom is 0.266 e. The lowest BCUT2D eigenvalue weighted by Crippen LogP contribution is -2.53. The molecule has 1 aliphatic carbocycles. The lowest BCUT2D eigenvalue weighted by Gasteiger charge is -2.35. The van der Waals surface area contributed by atoms with Crippen molar-refractivity contribution in [3.63, 3.8) is 0 Å². The third-order valence-corrected chi connectivity index (χ3v) is 6.08. The van der Waals surface area contributed by atoms with Gasteiger partial charge in [-0.05, 0) is 25.0 Å². The van der Waals surface area contributed by atoms with Crippen LogP contribution < -0.4 is 5.32 Å². The average Bonchev–Trinajstić information content (AvgIpc) is 3.12. The minimum Gasteiger partial charge on any atom is -0.382 e. The summed E-state index contributed by atoms with van der Waals surface area (Å²) >= 11 is 7.39. The summed E-state index contributed by atoms with van der Waals surface area (Å²) in [6, 6.07) is 4.10. The second-order valence-electron chi connectivity index (χ2n) is 6.88. The Morgan fingerprint density at radius 3 is 2.69 bits per heavy atom. The van der Waals surface area contributed by atoms with Gasteiger partial charge in [0.05, 0.1) is 15.8 Å².